The van der Waals surface area contributed by atoms with Gasteiger partial charge in [0.05, 0.1) is 20.3 Å². The van der Waals surface area contributed by atoms with Gasteiger partial charge in [0, 0.05) is 0 Å². The third-order valence-corrected chi connectivity index (χ3v) is 2.77. The van der Waals surface area contributed by atoms with Crippen LogP contribution in [0.15, 0.2) is 36.4 Å². The Morgan fingerprint density at radius 3 is 2.59 bits per heavy atom. The third-order valence-electron chi connectivity index (χ3n) is 2.77. The van der Waals surface area contributed by atoms with Crippen LogP contribution >= 0.6 is 0 Å². The van der Waals surface area contributed by atoms with Crippen LogP contribution in [0.4, 0.5) is 0 Å². The van der Waals surface area contributed by atoms with E-state index < -0.39 is 0 Å². The molecule has 1 aliphatic heterocycles. The third kappa shape index (κ3) is 3.32. The molecular weight excluding hydrogens is 216 g/mol. The fourth-order valence-corrected chi connectivity index (χ4v) is 1.71. The van der Waals surface area contributed by atoms with Crippen LogP contribution in [0.1, 0.15) is 12.5 Å². The molecule has 1 aromatic rings. The first kappa shape index (κ1) is 12.1. The van der Waals surface area contributed by atoms with Crippen LogP contribution in [0.3, 0.4) is 0 Å². The minimum Gasteiger partial charge on any atom is -0.497 e. The molecule has 1 fully saturated rings. The van der Waals surface area contributed by atoms with E-state index in [1.165, 1.54) is 0 Å². The van der Waals surface area contributed by atoms with Crippen LogP contribution in [0.2, 0.25) is 0 Å². The summed E-state index contributed by atoms with van der Waals surface area (Å²) in [6.07, 6.45) is 0.211. The lowest BCUT2D eigenvalue weighted by Crippen LogP contribution is -2.20. The number of rotatable bonds is 6. The average molecular weight is 234 g/mol. The molecule has 0 unspecified atom stereocenters. The summed E-state index contributed by atoms with van der Waals surface area (Å²) in [7, 11) is 1.66. The van der Waals surface area contributed by atoms with Crippen LogP contribution in [0.5, 0.6) is 5.75 Å². The van der Waals surface area contributed by atoms with Gasteiger partial charge in [-0.25, -0.2) is 0 Å². The standard InChI is InChI=1S/C14H18O3/c1-10(2)14(13-9-16-13)17-8-11-4-6-12(15-3)7-5-11/h4-7,13-14H,1,8-9H2,2-3H3/t13-,14-/m1/s1. The van der Waals surface area contributed by atoms with Crippen molar-refractivity contribution in [3.05, 3.63) is 42.0 Å². The van der Waals surface area contributed by atoms with Crippen LogP contribution in [-0.4, -0.2) is 25.9 Å². The van der Waals surface area contributed by atoms with Gasteiger partial charge in [-0.15, -0.1) is 0 Å². The number of hydrogen-bond acceptors (Lipinski definition) is 3. The number of benzene rings is 1. The molecule has 0 aromatic heterocycles. The van der Waals surface area contributed by atoms with E-state index in [0.717, 1.165) is 23.5 Å². The van der Waals surface area contributed by atoms with Gasteiger partial charge in [-0.2, -0.15) is 0 Å². The predicted octanol–water partition coefficient (Wildman–Crippen LogP) is 2.56. The molecule has 1 aromatic carbocycles. The lowest BCUT2D eigenvalue weighted by Gasteiger charge is -2.15. The fraction of sp³-hybridized carbons (Fsp3) is 0.429. The van der Waals surface area contributed by atoms with Gasteiger partial charge in [-0.3, -0.25) is 0 Å². The van der Waals surface area contributed by atoms with Crippen molar-refractivity contribution >= 4 is 0 Å². The molecule has 92 valence electrons. The van der Waals surface area contributed by atoms with E-state index in [2.05, 4.69) is 6.58 Å². The molecule has 2 rings (SSSR count). The summed E-state index contributed by atoms with van der Waals surface area (Å²) >= 11 is 0. The summed E-state index contributed by atoms with van der Waals surface area (Å²) in [5.41, 5.74) is 2.14. The number of hydrogen-bond donors (Lipinski definition) is 0. The van der Waals surface area contributed by atoms with Gasteiger partial charge >= 0.3 is 0 Å². The maximum atomic E-state index is 5.82. The molecule has 3 nitrogen and oxygen atoms in total. The Hall–Kier alpha value is -1.32. The molecule has 0 bridgehead atoms. The van der Waals surface area contributed by atoms with Crippen molar-refractivity contribution in [1.82, 2.24) is 0 Å². The molecular formula is C14H18O3. The lowest BCUT2D eigenvalue weighted by atomic mass is 10.1. The van der Waals surface area contributed by atoms with Crippen molar-refractivity contribution < 1.29 is 14.2 Å². The molecule has 2 atom stereocenters. The summed E-state index contributed by atoms with van der Waals surface area (Å²) in [5.74, 6) is 0.857. The Morgan fingerprint density at radius 2 is 2.12 bits per heavy atom. The summed E-state index contributed by atoms with van der Waals surface area (Å²) in [6, 6.07) is 7.87. The number of methoxy groups -OCH3 is 1. The van der Waals surface area contributed by atoms with E-state index in [-0.39, 0.29) is 12.2 Å². The Kier molecular flexibility index (Phi) is 3.82. The normalized spacial score (nSPS) is 19.8. The molecule has 0 spiro atoms. The first-order valence-corrected chi connectivity index (χ1v) is 5.72. The van der Waals surface area contributed by atoms with Crippen molar-refractivity contribution in [3.8, 4) is 5.75 Å². The molecule has 0 aliphatic carbocycles. The van der Waals surface area contributed by atoms with Crippen molar-refractivity contribution in [2.75, 3.05) is 13.7 Å². The van der Waals surface area contributed by atoms with E-state index >= 15 is 0 Å². The van der Waals surface area contributed by atoms with E-state index in [9.17, 15) is 0 Å². The minimum absolute atomic E-state index is 0.0112. The summed E-state index contributed by atoms with van der Waals surface area (Å²) < 4.78 is 16.2. The van der Waals surface area contributed by atoms with Crippen molar-refractivity contribution in [2.24, 2.45) is 0 Å². The van der Waals surface area contributed by atoms with Gasteiger partial charge in [0.2, 0.25) is 0 Å². The monoisotopic (exact) mass is 234 g/mol. The Balaban J connectivity index is 1.89. The van der Waals surface area contributed by atoms with Crippen molar-refractivity contribution in [3.63, 3.8) is 0 Å². The smallest absolute Gasteiger partial charge is 0.118 e. The Labute approximate surface area is 102 Å². The van der Waals surface area contributed by atoms with Gasteiger partial charge in [0.1, 0.15) is 18.0 Å². The maximum Gasteiger partial charge on any atom is 0.118 e. The Bertz CT molecular complexity index is 379. The minimum atomic E-state index is 0.0112. The quantitative estimate of drug-likeness (QED) is 0.560. The second-order valence-corrected chi connectivity index (χ2v) is 4.30. The predicted molar refractivity (Wildman–Crippen MR) is 66.1 cm³/mol. The van der Waals surface area contributed by atoms with Gasteiger partial charge in [-0.05, 0) is 30.2 Å². The molecule has 0 amide bonds. The summed E-state index contributed by atoms with van der Waals surface area (Å²) in [6.45, 7) is 7.25. The Morgan fingerprint density at radius 1 is 1.47 bits per heavy atom. The second kappa shape index (κ2) is 5.34. The molecule has 1 saturated heterocycles. The zero-order valence-electron chi connectivity index (χ0n) is 10.3. The highest BCUT2D eigenvalue weighted by molar-refractivity contribution is 5.26. The molecule has 1 heterocycles. The number of epoxide rings is 1. The largest absolute Gasteiger partial charge is 0.497 e. The second-order valence-electron chi connectivity index (χ2n) is 4.30. The first-order valence-electron chi connectivity index (χ1n) is 5.72. The van der Waals surface area contributed by atoms with E-state index in [1.54, 1.807) is 7.11 Å². The van der Waals surface area contributed by atoms with Crippen LogP contribution in [0, 0.1) is 0 Å². The van der Waals surface area contributed by atoms with E-state index in [1.807, 2.05) is 31.2 Å². The topological polar surface area (TPSA) is 31.0 Å². The molecule has 0 N–H and O–H groups in total. The molecule has 3 heteroatoms. The highest BCUT2D eigenvalue weighted by Crippen LogP contribution is 2.23. The summed E-state index contributed by atoms with van der Waals surface area (Å²) in [4.78, 5) is 0. The summed E-state index contributed by atoms with van der Waals surface area (Å²) in [5, 5.41) is 0. The van der Waals surface area contributed by atoms with Gasteiger partial charge < -0.3 is 14.2 Å². The molecule has 0 radical (unpaired) electrons. The SMILES string of the molecule is C=C(C)[C@@H](OCc1ccc(OC)cc1)[C@H]1CO1. The van der Waals surface area contributed by atoms with Crippen LogP contribution in [-0.2, 0) is 16.1 Å². The molecule has 1 aliphatic rings. The highest BCUT2D eigenvalue weighted by Gasteiger charge is 2.33. The van der Waals surface area contributed by atoms with Crippen LogP contribution < -0.4 is 4.74 Å². The molecule has 17 heavy (non-hydrogen) atoms. The van der Waals surface area contributed by atoms with E-state index in [4.69, 9.17) is 14.2 Å². The van der Waals surface area contributed by atoms with E-state index in [0.29, 0.717) is 6.61 Å². The first-order chi connectivity index (χ1) is 8.20. The van der Waals surface area contributed by atoms with Gasteiger partial charge in [0.25, 0.3) is 0 Å². The molecule has 0 saturated carbocycles. The van der Waals surface area contributed by atoms with Gasteiger partial charge in [0.15, 0.2) is 0 Å². The average Bonchev–Trinajstić information content (AvgIpc) is 3.14. The zero-order chi connectivity index (χ0) is 12.3. The fourth-order valence-electron chi connectivity index (χ4n) is 1.71. The lowest BCUT2D eigenvalue weighted by molar-refractivity contribution is 0.0454. The zero-order valence-corrected chi connectivity index (χ0v) is 10.3. The van der Waals surface area contributed by atoms with Crippen molar-refractivity contribution in [1.29, 1.82) is 0 Å². The number of ether oxygens (including phenoxy) is 3. The van der Waals surface area contributed by atoms with Crippen LogP contribution in [0.25, 0.3) is 0 Å². The highest BCUT2D eigenvalue weighted by atomic mass is 16.6. The van der Waals surface area contributed by atoms with Gasteiger partial charge in [-0.1, -0.05) is 18.7 Å². The van der Waals surface area contributed by atoms with Crippen molar-refractivity contribution in [2.45, 2.75) is 25.7 Å². The maximum absolute atomic E-state index is 5.82.